The van der Waals surface area contributed by atoms with Crippen molar-refractivity contribution in [3.8, 4) is 0 Å². The minimum atomic E-state index is -0.995. The van der Waals surface area contributed by atoms with Crippen LogP contribution in [0.5, 0.6) is 0 Å². The van der Waals surface area contributed by atoms with E-state index in [0.717, 1.165) is 12.0 Å². The quantitative estimate of drug-likeness (QED) is 0.473. The normalized spacial score (nSPS) is 28.5. The van der Waals surface area contributed by atoms with Crippen LogP contribution in [0.4, 0.5) is 0 Å². The molecule has 4 heteroatoms. The standard InChI is InChI=1S/C16H21O.2ClH.Ti/c1-10-11(2)13(4)16(5,17)15(12(10)3)14-8-6-7-9-14;;;/h6-8,15H,9H2,1-5H3;2*1H;/q-1;;;+3/p-2. The molecule has 0 amide bonds. The van der Waals surface area contributed by atoms with Crippen LogP contribution < -0.4 is 29.9 Å². The average molecular weight is 348 g/mol. The number of hydrogen-bond donors (Lipinski definition) is 0. The van der Waals surface area contributed by atoms with Crippen molar-refractivity contribution in [1.29, 1.82) is 0 Å². The third-order valence-electron chi connectivity index (χ3n) is 4.62. The van der Waals surface area contributed by atoms with Crippen molar-refractivity contribution in [2.75, 3.05) is 0 Å². The van der Waals surface area contributed by atoms with Crippen LogP contribution in [0.1, 0.15) is 41.0 Å². The molecule has 0 aromatic heterocycles. The molecule has 0 aromatic rings. The van der Waals surface area contributed by atoms with Crippen molar-refractivity contribution < 1.29 is 51.6 Å². The van der Waals surface area contributed by atoms with E-state index in [1.54, 1.807) is 0 Å². The Hall–Kier alpha value is 0.214. The molecular formula is C16H21Cl2OTi. The second kappa shape index (κ2) is 8.01. The maximum Gasteiger partial charge on any atom is 3.00 e. The number of allylic oxidation sites excluding steroid dienone is 5. The van der Waals surface area contributed by atoms with Crippen molar-refractivity contribution in [3.63, 3.8) is 0 Å². The molecule has 0 saturated heterocycles. The second-order valence-electron chi connectivity index (χ2n) is 5.47. The van der Waals surface area contributed by atoms with Crippen LogP contribution in [0.25, 0.3) is 0 Å². The first-order valence-electron chi connectivity index (χ1n) is 6.29. The summed E-state index contributed by atoms with van der Waals surface area (Å²) in [6.45, 7) is 10.2. The maximum atomic E-state index is 13.0. The molecule has 0 aromatic carbocycles. The third kappa shape index (κ3) is 3.51. The Morgan fingerprint density at radius 3 is 2.10 bits per heavy atom. The minimum absolute atomic E-state index is 0. The van der Waals surface area contributed by atoms with Crippen molar-refractivity contribution in [1.82, 2.24) is 0 Å². The Kier molecular flexibility index (Phi) is 9.01. The van der Waals surface area contributed by atoms with Gasteiger partial charge in [0.2, 0.25) is 0 Å². The molecule has 2 rings (SSSR count). The largest absolute Gasteiger partial charge is 3.00 e. The Bertz CT molecular complexity index is 485. The van der Waals surface area contributed by atoms with Crippen molar-refractivity contribution in [2.24, 2.45) is 5.92 Å². The number of rotatable bonds is 1. The van der Waals surface area contributed by atoms with Gasteiger partial charge in [0.05, 0.1) is 0 Å². The van der Waals surface area contributed by atoms with Crippen LogP contribution in [-0.4, -0.2) is 5.60 Å². The Morgan fingerprint density at radius 1 is 1.10 bits per heavy atom. The Morgan fingerprint density at radius 2 is 1.65 bits per heavy atom. The zero-order valence-electron chi connectivity index (χ0n) is 12.7. The van der Waals surface area contributed by atoms with E-state index in [0.29, 0.717) is 0 Å². The Balaban J connectivity index is 0. The van der Waals surface area contributed by atoms with Gasteiger partial charge >= 0.3 is 21.7 Å². The van der Waals surface area contributed by atoms with E-state index < -0.39 is 5.60 Å². The molecular weight excluding hydrogens is 327 g/mol. The number of halogens is 2. The van der Waals surface area contributed by atoms with Crippen LogP contribution in [0.3, 0.4) is 0 Å². The molecule has 1 nitrogen and oxygen atoms in total. The molecule has 0 spiro atoms. The first kappa shape index (κ1) is 22.5. The van der Waals surface area contributed by atoms with Gasteiger partial charge in [-0.15, -0.1) is 0 Å². The summed E-state index contributed by atoms with van der Waals surface area (Å²) < 4.78 is 0. The summed E-state index contributed by atoms with van der Waals surface area (Å²) in [6.07, 6.45) is 7.24. The first-order chi connectivity index (χ1) is 7.87. The summed E-state index contributed by atoms with van der Waals surface area (Å²) in [6, 6.07) is 0. The minimum Gasteiger partial charge on any atom is -1.00 e. The molecule has 2 atom stereocenters. The van der Waals surface area contributed by atoms with Crippen molar-refractivity contribution >= 4 is 0 Å². The van der Waals surface area contributed by atoms with Crippen molar-refractivity contribution in [3.05, 3.63) is 46.1 Å². The summed E-state index contributed by atoms with van der Waals surface area (Å²) in [5.74, 6) is 0.0289. The first-order valence-corrected chi connectivity index (χ1v) is 6.29. The summed E-state index contributed by atoms with van der Waals surface area (Å²) >= 11 is 0. The predicted octanol–water partition coefficient (Wildman–Crippen LogP) is -2.70. The summed E-state index contributed by atoms with van der Waals surface area (Å²) in [5, 5.41) is 13.0. The van der Waals surface area contributed by atoms with E-state index in [1.165, 1.54) is 22.3 Å². The van der Waals surface area contributed by atoms with Crippen molar-refractivity contribution in [2.45, 2.75) is 46.6 Å². The molecule has 0 saturated carbocycles. The van der Waals surface area contributed by atoms with Crippen LogP contribution in [0.2, 0.25) is 0 Å². The molecule has 1 radical (unpaired) electrons. The molecule has 109 valence electrons. The molecule has 2 aliphatic rings. The Labute approximate surface area is 150 Å². The summed E-state index contributed by atoms with van der Waals surface area (Å²) in [4.78, 5) is 0. The van der Waals surface area contributed by atoms with Crippen LogP contribution in [0, 0.1) is 5.92 Å². The van der Waals surface area contributed by atoms with Gasteiger partial charge in [0.15, 0.2) is 0 Å². The molecule has 0 fully saturated rings. The van der Waals surface area contributed by atoms with E-state index in [1.807, 2.05) is 13.8 Å². The van der Waals surface area contributed by atoms with Crippen LogP contribution in [0.15, 0.2) is 46.1 Å². The molecule has 0 heterocycles. The average Bonchev–Trinajstić information content (AvgIpc) is 2.77. The van der Waals surface area contributed by atoms with Gasteiger partial charge < -0.3 is 29.9 Å². The van der Waals surface area contributed by atoms with E-state index in [-0.39, 0.29) is 52.4 Å². The van der Waals surface area contributed by atoms with E-state index in [9.17, 15) is 5.11 Å². The van der Waals surface area contributed by atoms with Crippen LogP contribution in [-0.2, 0) is 21.7 Å². The van der Waals surface area contributed by atoms with Gasteiger partial charge in [-0.25, -0.2) is 0 Å². The fraction of sp³-hybridized carbons (Fsp3) is 0.500. The van der Waals surface area contributed by atoms with Gasteiger partial charge in [-0.3, -0.25) is 0 Å². The topological polar surface area (TPSA) is 23.1 Å². The predicted molar refractivity (Wildman–Crippen MR) is 70.5 cm³/mol. The fourth-order valence-corrected chi connectivity index (χ4v) is 3.11. The summed E-state index contributed by atoms with van der Waals surface area (Å²) in [5.41, 5.74) is 5.01. The second-order valence-corrected chi connectivity index (χ2v) is 5.47. The zero-order chi connectivity index (χ0) is 12.8. The van der Waals surface area contributed by atoms with E-state index >= 15 is 0 Å². The molecule has 2 unspecified atom stereocenters. The SMILES string of the molecule is CC1=C(C)C(C2=CC=CC2)C(C)([O-])C(C)=C1C.[Cl-].[Cl-].[Ti+3]. The van der Waals surface area contributed by atoms with Crippen LogP contribution >= 0.6 is 0 Å². The molecule has 20 heavy (non-hydrogen) atoms. The number of hydrogen-bond acceptors (Lipinski definition) is 1. The smallest absolute Gasteiger partial charge is 1.00 e. The molecule has 2 aliphatic carbocycles. The third-order valence-corrected chi connectivity index (χ3v) is 4.62. The molecule has 0 bridgehead atoms. The van der Waals surface area contributed by atoms with Gasteiger partial charge in [-0.1, -0.05) is 53.0 Å². The maximum absolute atomic E-state index is 13.0. The van der Waals surface area contributed by atoms with Gasteiger partial charge in [0, 0.05) is 0 Å². The zero-order valence-corrected chi connectivity index (χ0v) is 15.8. The van der Waals surface area contributed by atoms with E-state index in [2.05, 4.69) is 39.0 Å². The monoisotopic (exact) mass is 347 g/mol. The molecule has 0 aliphatic heterocycles. The fourth-order valence-electron chi connectivity index (χ4n) is 3.11. The van der Waals surface area contributed by atoms with E-state index in [4.69, 9.17) is 0 Å². The molecule has 0 N–H and O–H groups in total. The summed E-state index contributed by atoms with van der Waals surface area (Å²) in [7, 11) is 0. The van der Waals surface area contributed by atoms with Gasteiger partial charge in [0.1, 0.15) is 0 Å². The van der Waals surface area contributed by atoms with Gasteiger partial charge in [-0.05, 0) is 45.6 Å². The van der Waals surface area contributed by atoms with Gasteiger partial charge in [-0.2, -0.15) is 0 Å². The van der Waals surface area contributed by atoms with Gasteiger partial charge in [0.25, 0.3) is 0 Å².